The smallest absolute Gasteiger partial charge is 0.257 e. The van der Waals surface area contributed by atoms with Crippen LogP contribution < -0.4 is 4.90 Å². The second kappa shape index (κ2) is 9.24. The minimum Gasteiger partial charge on any atom is -0.325 e. The number of anilines is 1. The van der Waals surface area contributed by atoms with Gasteiger partial charge < -0.3 is 4.90 Å². The number of aromatic nitrogens is 1. The summed E-state index contributed by atoms with van der Waals surface area (Å²) in [5, 5.41) is 0. The van der Waals surface area contributed by atoms with E-state index >= 15 is 0 Å². The first-order chi connectivity index (χ1) is 14.5. The maximum absolute atomic E-state index is 13.5. The predicted octanol–water partition coefficient (Wildman–Crippen LogP) is 3.93. The summed E-state index contributed by atoms with van der Waals surface area (Å²) in [5.74, 6) is -0.687. The average Bonchev–Trinajstić information content (AvgIpc) is 3.07. The fourth-order valence-electron chi connectivity index (χ4n) is 4.33. The summed E-state index contributed by atoms with van der Waals surface area (Å²) < 4.78 is 1.03. The molecule has 2 aromatic rings. The van der Waals surface area contributed by atoms with Crippen molar-refractivity contribution < 1.29 is 14.4 Å². The zero-order valence-corrected chi connectivity index (χ0v) is 18.8. The van der Waals surface area contributed by atoms with E-state index in [4.69, 9.17) is 0 Å². The molecule has 3 amide bonds. The number of carbonyl (C=O) groups is 3. The van der Waals surface area contributed by atoms with E-state index in [1.165, 1.54) is 4.90 Å². The molecule has 0 N–H and O–H groups in total. The first-order valence-electron chi connectivity index (χ1n) is 10.4. The van der Waals surface area contributed by atoms with E-state index in [0.29, 0.717) is 5.69 Å². The molecule has 2 fully saturated rings. The van der Waals surface area contributed by atoms with Crippen molar-refractivity contribution in [1.82, 2.24) is 9.88 Å². The van der Waals surface area contributed by atoms with Gasteiger partial charge in [-0.05, 0) is 71.3 Å². The predicted molar refractivity (Wildman–Crippen MR) is 121 cm³/mol. The number of benzene rings is 1. The molecule has 0 bridgehead atoms. The van der Waals surface area contributed by atoms with Gasteiger partial charge in [0.1, 0.15) is 6.04 Å². The summed E-state index contributed by atoms with van der Waals surface area (Å²) in [6, 6.07) is 10.2. The summed E-state index contributed by atoms with van der Waals surface area (Å²) in [6.45, 7) is 0.285. The Morgan fingerprint density at radius 2 is 1.83 bits per heavy atom. The lowest BCUT2D eigenvalue weighted by Crippen LogP contribution is -2.47. The molecule has 7 heteroatoms. The molecule has 1 aliphatic carbocycles. The Kier molecular flexibility index (Phi) is 6.46. The largest absolute Gasteiger partial charge is 0.325 e. The molecule has 0 radical (unpaired) electrons. The number of carbonyl (C=O) groups excluding carboxylic acids is 3. The highest BCUT2D eigenvalue weighted by Gasteiger charge is 2.45. The van der Waals surface area contributed by atoms with E-state index in [1.807, 2.05) is 24.3 Å². The summed E-state index contributed by atoms with van der Waals surface area (Å²) >= 11 is 2.18. The third-order valence-corrected chi connectivity index (χ3v) is 6.62. The van der Waals surface area contributed by atoms with Crippen LogP contribution in [0, 0.1) is 9.49 Å². The van der Waals surface area contributed by atoms with Crippen LogP contribution in [-0.2, 0) is 20.9 Å². The van der Waals surface area contributed by atoms with E-state index in [1.54, 1.807) is 29.4 Å². The van der Waals surface area contributed by atoms with Crippen LogP contribution >= 0.6 is 22.6 Å². The van der Waals surface area contributed by atoms with Gasteiger partial charge in [-0.15, -0.1) is 0 Å². The molecule has 1 atom stereocenters. The summed E-state index contributed by atoms with van der Waals surface area (Å²) in [4.78, 5) is 46.5. The first-order valence-corrected chi connectivity index (χ1v) is 11.4. The number of imide groups is 1. The number of amides is 3. The highest BCUT2D eigenvalue weighted by Crippen LogP contribution is 2.31. The standard InChI is InChI=1S/C23H24IN3O3/c24-18-8-10-19(11-9-18)27-21(28)13-20(23(27)30)26(15-16-5-4-12-25-14-16)22(29)17-6-2-1-3-7-17/h4-5,8-12,14,17,20H,1-3,6-7,13,15H2. The van der Waals surface area contributed by atoms with Crippen molar-refractivity contribution in [2.75, 3.05) is 4.90 Å². The third kappa shape index (κ3) is 4.40. The molecule has 0 spiro atoms. The molecule has 2 heterocycles. The zero-order valence-electron chi connectivity index (χ0n) is 16.7. The molecule has 1 aromatic heterocycles. The first kappa shape index (κ1) is 21.0. The van der Waals surface area contributed by atoms with E-state index < -0.39 is 6.04 Å². The second-order valence-corrected chi connectivity index (χ2v) is 9.17. The maximum Gasteiger partial charge on any atom is 0.257 e. The van der Waals surface area contributed by atoms with Gasteiger partial charge in [0.25, 0.3) is 5.91 Å². The number of pyridine rings is 1. The highest BCUT2D eigenvalue weighted by molar-refractivity contribution is 14.1. The second-order valence-electron chi connectivity index (χ2n) is 7.93. The van der Waals surface area contributed by atoms with Crippen LogP contribution in [0.3, 0.4) is 0 Å². The number of rotatable bonds is 5. The minimum atomic E-state index is -0.772. The highest BCUT2D eigenvalue weighted by atomic mass is 127. The van der Waals surface area contributed by atoms with Crippen molar-refractivity contribution in [2.45, 2.75) is 51.1 Å². The van der Waals surface area contributed by atoms with Crippen LogP contribution in [0.1, 0.15) is 44.1 Å². The molecule has 4 rings (SSSR count). The van der Waals surface area contributed by atoms with Gasteiger partial charge in [0.05, 0.1) is 12.1 Å². The molecule has 1 aromatic carbocycles. The van der Waals surface area contributed by atoms with Crippen LogP contribution in [0.2, 0.25) is 0 Å². The van der Waals surface area contributed by atoms with Gasteiger partial charge >= 0.3 is 0 Å². The molecule has 2 aliphatic rings. The Hall–Kier alpha value is -2.29. The van der Waals surface area contributed by atoms with Crippen LogP contribution in [0.4, 0.5) is 5.69 Å². The lowest BCUT2D eigenvalue weighted by molar-refractivity contribution is -0.143. The van der Waals surface area contributed by atoms with Gasteiger partial charge in [-0.2, -0.15) is 0 Å². The number of hydrogen-bond acceptors (Lipinski definition) is 4. The maximum atomic E-state index is 13.5. The van der Waals surface area contributed by atoms with Crippen LogP contribution in [0.5, 0.6) is 0 Å². The van der Waals surface area contributed by atoms with Crippen molar-refractivity contribution >= 4 is 46.0 Å². The van der Waals surface area contributed by atoms with Crippen molar-refractivity contribution in [2.24, 2.45) is 5.92 Å². The summed E-state index contributed by atoms with van der Waals surface area (Å²) in [5.41, 5.74) is 1.41. The topological polar surface area (TPSA) is 70.6 Å². The van der Waals surface area contributed by atoms with Crippen molar-refractivity contribution in [3.63, 3.8) is 0 Å². The van der Waals surface area contributed by atoms with E-state index in [2.05, 4.69) is 27.6 Å². The van der Waals surface area contributed by atoms with Crippen molar-refractivity contribution in [3.05, 3.63) is 57.9 Å². The van der Waals surface area contributed by atoms with Crippen LogP contribution in [0.25, 0.3) is 0 Å². The normalized spacial score (nSPS) is 19.9. The van der Waals surface area contributed by atoms with E-state index in [-0.39, 0.29) is 36.6 Å². The Labute approximate surface area is 189 Å². The van der Waals surface area contributed by atoms with Gasteiger partial charge in [0.2, 0.25) is 11.8 Å². The Balaban J connectivity index is 1.62. The summed E-state index contributed by atoms with van der Waals surface area (Å²) in [6.07, 6.45) is 8.30. The zero-order chi connectivity index (χ0) is 21.1. The SMILES string of the molecule is O=C1CC(N(Cc2cccnc2)C(=O)C2CCCCC2)C(=O)N1c1ccc(I)cc1. The number of hydrogen-bond donors (Lipinski definition) is 0. The number of nitrogens with zero attached hydrogens (tertiary/aromatic N) is 3. The monoisotopic (exact) mass is 517 g/mol. The third-order valence-electron chi connectivity index (χ3n) is 5.90. The molecule has 1 saturated heterocycles. The Morgan fingerprint density at radius 1 is 1.10 bits per heavy atom. The Morgan fingerprint density at radius 3 is 2.50 bits per heavy atom. The van der Waals surface area contributed by atoms with Crippen LogP contribution in [-0.4, -0.2) is 33.6 Å². The van der Waals surface area contributed by atoms with Gasteiger partial charge in [0, 0.05) is 28.4 Å². The fourth-order valence-corrected chi connectivity index (χ4v) is 4.69. The number of halogens is 1. The molecular weight excluding hydrogens is 493 g/mol. The van der Waals surface area contributed by atoms with Crippen molar-refractivity contribution in [3.8, 4) is 0 Å². The van der Waals surface area contributed by atoms with Gasteiger partial charge in [0.15, 0.2) is 0 Å². The molecule has 6 nitrogen and oxygen atoms in total. The molecule has 30 heavy (non-hydrogen) atoms. The van der Waals surface area contributed by atoms with Gasteiger partial charge in [-0.1, -0.05) is 25.3 Å². The minimum absolute atomic E-state index is 0.0174. The lowest BCUT2D eigenvalue weighted by atomic mass is 9.87. The fraction of sp³-hybridized carbons (Fsp3) is 0.391. The molecular formula is C23H24IN3O3. The quantitative estimate of drug-likeness (QED) is 0.446. The lowest BCUT2D eigenvalue weighted by Gasteiger charge is -2.32. The molecule has 1 saturated carbocycles. The summed E-state index contributed by atoms with van der Waals surface area (Å²) in [7, 11) is 0. The Bertz CT molecular complexity index is 926. The van der Waals surface area contributed by atoms with E-state index in [9.17, 15) is 14.4 Å². The van der Waals surface area contributed by atoms with Crippen molar-refractivity contribution in [1.29, 1.82) is 0 Å². The molecule has 1 aliphatic heterocycles. The molecule has 1 unspecified atom stereocenters. The van der Waals surface area contributed by atoms with Crippen LogP contribution in [0.15, 0.2) is 48.8 Å². The molecule has 156 valence electrons. The van der Waals surface area contributed by atoms with E-state index in [0.717, 1.165) is 41.2 Å². The van der Waals surface area contributed by atoms with Gasteiger partial charge in [-0.25, -0.2) is 4.90 Å². The average molecular weight is 517 g/mol. The van der Waals surface area contributed by atoms with Gasteiger partial charge in [-0.3, -0.25) is 19.4 Å².